The molecule has 0 aromatic rings. The third-order valence-electron chi connectivity index (χ3n) is 3.87. The van der Waals surface area contributed by atoms with Gasteiger partial charge in [-0.25, -0.2) is 4.79 Å². The lowest BCUT2D eigenvalue weighted by Crippen LogP contribution is -2.48. The number of aliphatic hydroxyl groups is 1. The molecule has 0 radical (unpaired) electrons. The van der Waals surface area contributed by atoms with E-state index in [0.717, 1.165) is 12.8 Å². The first kappa shape index (κ1) is 16.5. The minimum absolute atomic E-state index is 0.0227. The van der Waals surface area contributed by atoms with Crippen molar-refractivity contribution in [1.82, 2.24) is 4.90 Å². The maximum absolute atomic E-state index is 12.3. The van der Waals surface area contributed by atoms with Crippen LogP contribution in [0.2, 0.25) is 0 Å². The number of carboxylic acids is 1. The molecule has 1 heterocycles. The van der Waals surface area contributed by atoms with E-state index in [9.17, 15) is 19.8 Å². The highest BCUT2D eigenvalue weighted by atomic mass is 16.4. The molecular formula is C15H25NO4. The van der Waals surface area contributed by atoms with Gasteiger partial charge >= 0.3 is 5.97 Å². The van der Waals surface area contributed by atoms with Gasteiger partial charge in [-0.05, 0) is 18.8 Å². The molecule has 2 N–H and O–H groups in total. The molecule has 0 saturated carbocycles. The minimum atomic E-state index is -0.997. The topological polar surface area (TPSA) is 77.8 Å². The molecule has 0 spiro atoms. The molecule has 5 nitrogen and oxygen atoms in total. The number of unbranched alkanes of at least 4 members (excludes halogenated alkanes) is 1. The number of amides is 1. The third-order valence-corrected chi connectivity index (χ3v) is 3.87. The molecule has 2 unspecified atom stereocenters. The van der Waals surface area contributed by atoms with E-state index in [4.69, 9.17) is 0 Å². The van der Waals surface area contributed by atoms with E-state index in [1.165, 1.54) is 4.90 Å². The van der Waals surface area contributed by atoms with Crippen LogP contribution in [0.4, 0.5) is 0 Å². The second kappa shape index (κ2) is 6.77. The summed E-state index contributed by atoms with van der Waals surface area (Å²) in [5, 5.41) is 19.5. The van der Waals surface area contributed by atoms with Crippen molar-refractivity contribution in [2.75, 3.05) is 0 Å². The Balaban J connectivity index is 3.11. The summed E-state index contributed by atoms with van der Waals surface area (Å²) in [6.45, 7) is 7.71. The van der Waals surface area contributed by atoms with Crippen molar-refractivity contribution in [3.05, 3.63) is 11.3 Å². The third kappa shape index (κ3) is 2.97. The molecule has 0 bridgehead atoms. The average Bonchev–Trinajstić information content (AvgIpc) is 2.63. The molecular weight excluding hydrogens is 258 g/mol. The lowest BCUT2D eigenvalue weighted by Gasteiger charge is -2.32. The predicted octanol–water partition coefficient (Wildman–Crippen LogP) is 2.72. The Labute approximate surface area is 120 Å². The van der Waals surface area contributed by atoms with Crippen LogP contribution in [0.1, 0.15) is 53.4 Å². The minimum Gasteiger partial charge on any atom is -0.503 e. The Bertz CT molecular complexity index is 414. The number of hydrogen-bond donors (Lipinski definition) is 2. The molecule has 0 fully saturated rings. The van der Waals surface area contributed by atoms with Gasteiger partial charge in [0, 0.05) is 5.57 Å². The number of rotatable bonds is 7. The van der Waals surface area contributed by atoms with E-state index in [1.807, 2.05) is 27.7 Å². The number of aliphatic carboxylic acids is 1. The van der Waals surface area contributed by atoms with Gasteiger partial charge in [0.15, 0.2) is 5.76 Å². The fourth-order valence-electron chi connectivity index (χ4n) is 2.91. The Morgan fingerprint density at radius 1 is 1.35 bits per heavy atom. The highest BCUT2D eigenvalue weighted by Gasteiger charge is 2.44. The molecule has 20 heavy (non-hydrogen) atoms. The van der Waals surface area contributed by atoms with Gasteiger partial charge in [0.25, 0.3) is 5.91 Å². The van der Waals surface area contributed by atoms with Gasteiger partial charge in [-0.15, -0.1) is 0 Å². The van der Waals surface area contributed by atoms with Crippen LogP contribution in [0.25, 0.3) is 0 Å². The fourth-order valence-corrected chi connectivity index (χ4v) is 2.91. The van der Waals surface area contributed by atoms with E-state index in [1.54, 1.807) is 0 Å². The van der Waals surface area contributed by atoms with E-state index in [2.05, 4.69) is 0 Å². The summed E-state index contributed by atoms with van der Waals surface area (Å²) in [6.07, 6.45) is 2.65. The van der Waals surface area contributed by atoms with Crippen molar-refractivity contribution >= 4 is 11.9 Å². The van der Waals surface area contributed by atoms with Gasteiger partial charge in [0.1, 0.15) is 6.04 Å². The van der Waals surface area contributed by atoms with Crippen LogP contribution < -0.4 is 0 Å². The molecule has 0 saturated heterocycles. The highest BCUT2D eigenvalue weighted by molar-refractivity contribution is 5.98. The maximum Gasteiger partial charge on any atom is 0.326 e. The summed E-state index contributed by atoms with van der Waals surface area (Å²) in [5.41, 5.74) is 0.667. The quantitative estimate of drug-likeness (QED) is 0.753. The first-order chi connectivity index (χ1) is 9.36. The largest absolute Gasteiger partial charge is 0.503 e. The van der Waals surface area contributed by atoms with Crippen LogP contribution in [0.5, 0.6) is 0 Å². The smallest absolute Gasteiger partial charge is 0.326 e. The molecule has 1 rings (SSSR count). The summed E-state index contributed by atoms with van der Waals surface area (Å²) in [6, 6.07) is -1.16. The van der Waals surface area contributed by atoms with Crippen molar-refractivity contribution in [3.63, 3.8) is 0 Å². The SMILES string of the molecule is CCCCC(C(=O)O)N1C(=O)C(O)=C(C(C)C)C1CC. The summed E-state index contributed by atoms with van der Waals surface area (Å²) < 4.78 is 0. The first-order valence-corrected chi connectivity index (χ1v) is 7.35. The normalized spacial score (nSPS) is 20.9. The highest BCUT2D eigenvalue weighted by Crippen LogP contribution is 2.34. The standard InChI is InChI=1S/C15H25NO4/c1-5-7-8-11(15(19)20)16-10(6-2)12(9(3)4)13(17)14(16)18/h9-11,17H,5-8H2,1-4H3,(H,19,20). The molecule has 5 heteroatoms. The Morgan fingerprint density at radius 2 is 1.95 bits per heavy atom. The average molecular weight is 283 g/mol. The van der Waals surface area contributed by atoms with Gasteiger partial charge in [-0.3, -0.25) is 4.79 Å². The van der Waals surface area contributed by atoms with Crippen LogP contribution >= 0.6 is 0 Å². The van der Waals surface area contributed by atoms with Crippen molar-refractivity contribution in [3.8, 4) is 0 Å². The van der Waals surface area contributed by atoms with Crippen LogP contribution in [0, 0.1) is 5.92 Å². The molecule has 1 aliphatic rings. The lowest BCUT2D eigenvalue weighted by atomic mass is 9.94. The number of aliphatic hydroxyl groups excluding tert-OH is 1. The number of nitrogens with zero attached hydrogens (tertiary/aromatic N) is 1. The molecule has 114 valence electrons. The van der Waals surface area contributed by atoms with Crippen LogP contribution in [0.15, 0.2) is 11.3 Å². The molecule has 0 aromatic heterocycles. The number of hydrogen-bond acceptors (Lipinski definition) is 3. The maximum atomic E-state index is 12.3. The summed E-state index contributed by atoms with van der Waals surface area (Å²) in [7, 11) is 0. The fraction of sp³-hybridized carbons (Fsp3) is 0.733. The summed E-state index contributed by atoms with van der Waals surface area (Å²) in [5.74, 6) is -1.77. The molecule has 1 aliphatic heterocycles. The number of carboxylic acid groups (broad SMARTS) is 1. The van der Waals surface area contributed by atoms with Crippen LogP contribution in [0.3, 0.4) is 0 Å². The first-order valence-electron chi connectivity index (χ1n) is 7.35. The Kier molecular flexibility index (Phi) is 5.60. The van der Waals surface area contributed by atoms with Crippen molar-refractivity contribution in [2.24, 2.45) is 5.92 Å². The second-order valence-electron chi connectivity index (χ2n) is 5.59. The van der Waals surface area contributed by atoms with E-state index >= 15 is 0 Å². The van der Waals surface area contributed by atoms with Crippen molar-refractivity contribution in [1.29, 1.82) is 0 Å². The zero-order chi connectivity index (χ0) is 15.4. The second-order valence-corrected chi connectivity index (χ2v) is 5.59. The number of carbonyl (C=O) groups excluding carboxylic acids is 1. The Morgan fingerprint density at radius 3 is 2.35 bits per heavy atom. The molecule has 2 atom stereocenters. The predicted molar refractivity (Wildman–Crippen MR) is 76.4 cm³/mol. The van der Waals surface area contributed by atoms with Gasteiger partial charge in [0.2, 0.25) is 0 Å². The molecule has 0 aliphatic carbocycles. The monoisotopic (exact) mass is 283 g/mol. The Hall–Kier alpha value is -1.52. The molecule has 1 amide bonds. The summed E-state index contributed by atoms with van der Waals surface area (Å²) >= 11 is 0. The van der Waals surface area contributed by atoms with Crippen LogP contribution in [-0.2, 0) is 9.59 Å². The van der Waals surface area contributed by atoms with Crippen molar-refractivity contribution in [2.45, 2.75) is 65.5 Å². The van der Waals surface area contributed by atoms with Crippen LogP contribution in [-0.4, -0.2) is 39.1 Å². The molecule has 0 aromatic carbocycles. The van der Waals surface area contributed by atoms with Crippen molar-refractivity contribution < 1.29 is 19.8 Å². The zero-order valence-corrected chi connectivity index (χ0v) is 12.7. The van der Waals surface area contributed by atoms with E-state index < -0.39 is 17.9 Å². The van der Waals surface area contributed by atoms with Gasteiger partial charge in [-0.1, -0.05) is 40.5 Å². The number of carbonyl (C=O) groups is 2. The van der Waals surface area contributed by atoms with Gasteiger partial charge in [0.05, 0.1) is 6.04 Å². The van der Waals surface area contributed by atoms with E-state index in [-0.39, 0.29) is 17.7 Å². The van der Waals surface area contributed by atoms with Gasteiger partial charge in [-0.2, -0.15) is 0 Å². The van der Waals surface area contributed by atoms with E-state index in [0.29, 0.717) is 18.4 Å². The zero-order valence-electron chi connectivity index (χ0n) is 12.7. The summed E-state index contributed by atoms with van der Waals surface area (Å²) in [4.78, 5) is 25.1. The van der Waals surface area contributed by atoms with Gasteiger partial charge < -0.3 is 15.1 Å². The lowest BCUT2D eigenvalue weighted by molar-refractivity contribution is -0.150.